The average molecular weight is 274 g/mol. The summed E-state index contributed by atoms with van der Waals surface area (Å²) in [6, 6.07) is 11.9. The predicted molar refractivity (Wildman–Crippen MR) is 72.5 cm³/mol. The van der Waals surface area contributed by atoms with E-state index in [1.807, 2.05) is 30.3 Å². The SMILES string of the molecule is CC(=NNC(=O)c1cc(F)ccc1F)c1ccccc1. The molecule has 0 spiro atoms. The summed E-state index contributed by atoms with van der Waals surface area (Å²) in [7, 11) is 0. The lowest BCUT2D eigenvalue weighted by Gasteiger charge is -2.04. The Morgan fingerprint density at radius 1 is 1.10 bits per heavy atom. The van der Waals surface area contributed by atoms with Crippen LogP contribution in [0.25, 0.3) is 0 Å². The van der Waals surface area contributed by atoms with E-state index >= 15 is 0 Å². The van der Waals surface area contributed by atoms with Crippen LogP contribution < -0.4 is 5.43 Å². The molecule has 3 nitrogen and oxygen atoms in total. The van der Waals surface area contributed by atoms with Gasteiger partial charge in [0, 0.05) is 0 Å². The zero-order chi connectivity index (χ0) is 14.5. The molecular weight excluding hydrogens is 262 g/mol. The second-order valence-corrected chi connectivity index (χ2v) is 4.13. The molecule has 0 aliphatic carbocycles. The second-order valence-electron chi connectivity index (χ2n) is 4.13. The molecule has 0 fully saturated rings. The number of nitrogens with zero attached hydrogens (tertiary/aromatic N) is 1. The van der Waals surface area contributed by atoms with Crippen molar-refractivity contribution >= 4 is 11.6 Å². The molecule has 0 aliphatic heterocycles. The molecule has 0 radical (unpaired) electrons. The molecule has 2 aromatic rings. The molecule has 0 saturated carbocycles. The van der Waals surface area contributed by atoms with Gasteiger partial charge in [0.05, 0.1) is 11.3 Å². The highest BCUT2D eigenvalue weighted by atomic mass is 19.1. The van der Waals surface area contributed by atoms with E-state index < -0.39 is 17.5 Å². The van der Waals surface area contributed by atoms with Gasteiger partial charge in [-0.15, -0.1) is 0 Å². The van der Waals surface area contributed by atoms with E-state index in [4.69, 9.17) is 0 Å². The van der Waals surface area contributed by atoms with E-state index in [1.54, 1.807) is 6.92 Å². The first kappa shape index (κ1) is 13.9. The van der Waals surface area contributed by atoms with Crippen LogP contribution in [0.4, 0.5) is 8.78 Å². The third kappa shape index (κ3) is 3.26. The summed E-state index contributed by atoms with van der Waals surface area (Å²) in [5, 5.41) is 3.87. The number of halogens is 2. The standard InChI is InChI=1S/C15H12F2N2O/c1-10(11-5-3-2-4-6-11)18-19-15(20)13-9-12(16)7-8-14(13)17/h2-9H,1H3,(H,19,20). The molecule has 20 heavy (non-hydrogen) atoms. The van der Waals surface area contributed by atoms with Gasteiger partial charge in [-0.3, -0.25) is 4.79 Å². The largest absolute Gasteiger partial charge is 0.274 e. The van der Waals surface area contributed by atoms with Crippen molar-refractivity contribution in [2.24, 2.45) is 5.10 Å². The third-order valence-electron chi connectivity index (χ3n) is 2.69. The molecule has 0 bridgehead atoms. The summed E-state index contributed by atoms with van der Waals surface area (Å²) < 4.78 is 26.4. The van der Waals surface area contributed by atoms with Crippen molar-refractivity contribution in [2.45, 2.75) is 6.92 Å². The number of benzene rings is 2. The Morgan fingerprint density at radius 3 is 2.50 bits per heavy atom. The fourth-order valence-electron chi connectivity index (χ4n) is 1.61. The Balaban J connectivity index is 2.14. The lowest BCUT2D eigenvalue weighted by molar-refractivity contribution is 0.0950. The Hall–Kier alpha value is -2.56. The van der Waals surface area contributed by atoms with Gasteiger partial charge >= 0.3 is 0 Å². The number of carbonyl (C=O) groups excluding carboxylic acids is 1. The van der Waals surface area contributed by atoms with Gasteiger partial charge in [-0.1, -0.05) is 30.3 Å². The molecule has 102 valence electrons. The Kier molecular flexibility index (Phi) is 4.20. The molecule has 0 unspecified atom stereocenters. The predicted octanol–water partition coefficient (Wildman–Crippen LogP) is 3.12. The highest BCUT2D eigenvalue weighted by Crippen LogP contribution is 2.09. The van der Waals surface area contributed by atoms with E-state index in [-0.39, 0.29) is 5.56 Å². The van der Waals surface area contributed by atoms with Crippen LogP contribution in [0.2, 0.25) is 0 Å². The van der Waals surface area contributed by atoms with E-state index in [2.05, 4.69) is 10.5 Å². The molecule has 2 rings (SSSR count). The van der Waals surface area contributed by atoms with Crippen LogP contribution in [0.15, 0.2) is 53.6 Å². The van der Waals surface area contributed by atoms with Crippen molar-refractivity contribution in [3.8, 4) is 0 Å². The van der Waals surface area contributed by atoms with E-state index in [1.165, 1.54) is 0 Å². The number of rotatable bonds is 3. The fourth-order valence-corrected chi connectivity index (χ4v) is 1.61. The molecule has 5 heteroatoms. The molecule has 0 atom stereocenters. The first-order chi connectivity index (χ1) is 9.58. The number of carbonyl (C=O) groups is 1. The van der Waals surface area contributed by atoms with Crippen LogP contribution in [-0.4, -0.2) is 11.6 Å². The average Bonchev–Trinajstić information content (AvgIpc) is 2.47. The van der Waals surface area contributed by atoms with E-state index in [9.17, 15) is 13.6 Å². The zero-order valence-corrected chi connectivity index (χ0v) is 10.7. The minimum absolute atomic E-state index is 0.380. The van der Waals surface area contributed by atoms with Crippen LogP contribution in [0, 0.1) is 11.6 Å². The van der Waals surface area contributed by atoms with Gasteiger partial charge in [-0.25, -0.2) is 14.2 Å². The minimum atomic E-state index is -0.795. The monoisotopic (exact) mass is 274 g/mol. The van der Waals surface area contributed by atoms with Gasteiger partial charge < -0.3 is 0 Å². The number of nitrogens with one attached hydrogen (secondary N) is 1. The van der Waals surface area contributed by atoms with Crippen molar-refractivity contribution in [1.82, 2.24) is 5.43 Å². The van der Waals surface area contributed by atoms with Crippen molar-refractivity contribution in [3.63, 3.8) is 0 Å². The summed E-state index contributed by atoms with van der Waals surface area (Å²) in [5.41, 5.74) is 3.22. The van der Waals surface area contributed by atoms with Crippen LogP contribution in [0.3, 0.4) is 0 Å². The van der Waals surface area contributed by atoms with Crippen LogP contribution in [0.5, 0.6) is 0 Å². The van der Waals surface area contributed by atoms with Crippen LogP contribution in [-0.2, 0) is 0 Å². The third-order valence-corrected chi connectivity index (χ3v) is 2.69. The first-order valence-corrected chi connectivity index (χ1v) is 5.93. The molecule has 1 N–H and O–H groups in total. The molecule has 0 heterocycles. The van der Waals surface area contributed by atoms with Crippen LogP contribution >= 0.6 is 0 Å². The van der Waals surface area contributed by atoms with Gasteiger partial charge in [-0.05, 0) is 30.7 Å². The van der Waals surface area contributed by atoms with Crippen molar-refractivity contribution in [2.75, 3.05) is 0 Å². The van der Waals surface area contributed by atoms with Crippen molar-refractivity contribution < 1.29 is 13.6 Å². The highest BCUT2D eigenvalue weighted by Gasteiger charge is 2.12. The molecular formula is C15H12F2N2O. The molecule has 1 amide bonds. The zero-order valence-electron chi connectivity index (χ0n) is 10.7. The van der Waals surface area contributed by atoms with Crippen molar-refractivity contribution in [1.29, 1.82) is 0 Å². The topological polar surface area (TPSA) is 41.5 Å². The maximum absolute atomic E-state index is 13.4. The van der Waals surface area contributed by atoms with Crippen LogP contribution in [0.1, 0.15) is 22.8 Å². The molecule has 2 aromatic carbocycles. The molecule has 0 saturated heterocycles. The first-order valence-electron chi connectivity index (χ1n) is 5.93. The number of hydrazone groups is 1. The van der Waals surface area contributed by atoms with E-state index in [0.717, 1.165) is 23.8 Å². The Bertz CT molecular complexity index is 654. The summed E-state index contributed by atoms with van der Waals surface area (Å²) in [6.45, 7) is 1.71. The number of hydrogen-bond acceptors (Lipinski definition) is 2. The van der Waals surface area contributed by atoms with Gasteiger partial charge in [0.25, 0.3) is 5.91 Å². The Labute approximate surface area is 114 Å². The fraction of sp³-hybridized carbons (Fsp3) is 0.0667. The lowest BCUT2D eigenvalue weighted by atomic mass is 10.1. The summed E-state index contributed by atoms with van der Waals surface area (Å²) in [5.74, 6) is -2.27. The van der Waals surface area contributed by atoms with Gasteiger partial charge in [0.2, 0.25) is 0 Å². The number of hydrogen-bond donors (Lipinski definition) is 1. The van der Waals surface area contributed by atoms with E-state index in [0.29, 0.717) is 5.71 Å². The van der Waals surface area contributed by atoms with Gasteiger partial charge in [-0.2, -0.15) is 5.10 Å². The lowest BCUT2D eigenvalue weighted by Crippen LogP contribution is -2.20. The van der Waals surface area contributed by atoms with Gasteiger partial charge in [0.1, 0.15) is 11.6 Å². The second kappa shape index (κ2) is 6.06. The summed E-state index contributed by atoms with van der Waals surface area (Å²) in [6.07, 6.45) is 0. The maximum Gasteiger partial charge on any atom is 0.274 e. The molecule has 0 aromatic heterocycles. The smallest absolute Gasteiger partial charge is 0.267 e. The Morgan fingerprint density at radius 2 is 1.80 bits per heavy atom. The minimum Gasteiger partial charge on any atom is -0.267 e. The summed E-state index contributed by atoms with van der Waals surface area (Å²) in [4.78, 5) is 11.7. The molecule has 0 aliphatic rings. The quantitative estimate of drug-likeness (QED) is 0.678. The highest BCUT2D eigenvalue weighted by molar-refractivity contribution is 6.00. The maximum atomic E-state index is 13.4. The van der Waals surface area contributed by atoms with Gasteiger partial charge in [0.15, 0.2) is 0 Å². The number of amides is 1. The normalized spacial score (nSPS) is 11.2. The summed E-state index contributed by atoms with van der Waals surface area (Å²) >= 11 is 0. The van der Waals surface area contributed by atoms with Crippen molar-refractivity contribution in [3.05, 3.63) is 71.3 Å².